The van der Waals surface area contributed by atoms with E-state index in [2.05, 4.69) is 15.2 Å². The van der Waals surface area contributed by atoms with E-state index in [1.165, 1.54) is 12.1 Å². The lowest BCUT2D eigenvalue weighted by atomic mass is 10.0. The summed E-state index contributed by atoms with van der Waals surface area (Å²) in [7, 11) is 0. The van der Waals surface area contributed by atoms with Crippen molar-refractivity contribution < 1.29 is 19.2 Å². The predicted molar refractivity (Wildman–Crippen MR) is 129 cm³/mol. The van der Waals surface area contributed by atoms with Gasteiger partial charge in [0, 0.05) is 33.9 Å². The quantitative estimate of drug-likeness (QED) is 0.135. The number of carboxylic acid groups (broad SMARTS) is 1. The van der Waals surface area contributed by atoms with E-state index in [-0.39, 0.29) is 21.5 Å². The summed E-state index contributed by atoms with van der Waals surface area (Å²) in [6, 6.07) is 13.4. The number of nitro benzene ring substituents is 1. The van der Waals surface area contributed by atoms with Gasteiger partial charge in [0.25, 0.3) is 5.69 Å². The van der Waals surface area contributed by atoms with Gasteiger partial charge in [0.1, 0.15) is 16.4 Å². The molecule has 0 spiro atoms. The van der Waals surface area contributed by atoms with E-state index in [4.69, 9.17) is 16.0 Å². The van der Waals surface area contributed by atoms with E-state index < -0.39 is 10.9 Å². The number of benzene rings is 2. The van der Waals surface area contributed by atoms with E-state index in [9.17, 15) is 20.0 Å². The Bertz CT molecular complexity index is 1430. The van der Waals surface area contributed by atoms with E-state index in [1.54, 1.807) is 56.3 Å². The van der Waals surface area contributed by atoms with Crippen molar-refractivity contribution >= 4 is 41.1 Å². The molecule has 0 unspecified atom stereocenters. The lowest BCUT2D eigenvalue weighted by Gasteiger charge is -2.04. The average Bonchev–Trinajstić information content (AvgIpc) is 3.45. The molecule has 0 amide bonds. The van der Waals surface area contributed by atoms with Gasteiger partial charge in [-0.3, -0.25) is 15.2 Å². The molecule has 172 valence electrons. The van der Waals surface area contributed by atoms with Crippen LogP contribution in [0.1, 0.15) is 16.9 Å². The maximum Gasteiger partial charge on any atom is 0.342 e. The van der Waals surface area contributed by atoms with Crippen molar-refractivity contribution in [1.82, 2.24) is 15.2 Å². The smallest absolute Gasteiger partial charge is 0.342 e. The van der Waals surface area contributed by atoms with Crippen LogP contribution in [-0.4, -0.2) is 31.2 Å². The molecule has 2 aromatic heterocycles. The molecule has 0 aliphatic heterocycles. The van der Waals surface area contributed by atoms with Gasteiger partial charge in [-0.2, -0.15) is 0 Å². The van der Waals surface area contributed by atoms with Crippen LogP contribution in [0, 0.1) is 24.0 Å². The molecule has 0 bridgehead atoms. The zero-order valence-electron chi connectivity index (χ0n) is 17.9. The van der Waals surface area contributed by atoms with Gasteiger partial charge in [-0.05, 0) is 73.6 Å². The van der Waals surface area contributed by atoms with Crippen LogP contribution >= 0.6 is 23.4 Å². The predicted octanol–water partition coefficient (Wildman–Crippen LogP) is 6.13. The normalized spacial score (nSPS) is 11.6. The summed E-state index contributed by atoms with van der Waals surface area (Å²) >= 11 is 6.76. The Kier molecular flexibility index (Phi) is 6.53. The van der Waals surface area contributed by atoms with E-state index >= 15 is 0 Å². The monoisotopic (exact) mass is 496 g/mol. The third kappa shape index (κ3) is 5.03. The number of carboxylic acids is 1. The van der Waals surface area contributed by atoms with Crippen LogP contribution in [0.3, 0.4) is 0 Å². The Labute approximate surface area is 202 Å². The van der Waals surface area contributed by atoms with Crippen molar-refractivity contribution in [2.45, 2.75) is 19.0 Å². The summed E-state index contributed by atoms with van der Waals surface area (Å²) in [5.74, 6) is -0.0486. The largest absolute Gasteiger partial charge is 0.477 e. The van der Waals surface area contributed by atoms with Gasteiger partial charge in [-0.1, -0.05) is 11.6 Å². The fourth-order valence-corrected chi connectivity index (χ4v) is 3.96. The van der Waals surface area contributed by atoms with Gasteiger partial charge < -0.3 is 9.52 Å². The average molecular weight is 497 g/mol. The van der Waals surface area contributed by atoms with Gasteiger partial charge in [0.05, 0.1) is 4.92 Å². The summed E-state index contributed by atoms with van der Waals surface area (Å²) in [5.41, 5.74) is 2.60. The summed E-state index contributed by atoms with van der Waals surface area (Å²) < 4.78 is 5.77. The third-order valence-electron chi connectivity index (χ3n) is 5.02. The topological polar surface area (TPSA) is 135 Å². The molecule has 0 atom stereocenters. The van der Waals surface area contributed by atoms with Crippen molar-refractivity contribution in [2.24, 2.45) is 0 Å². The number of nitrogens with zero attached hydrogens (tertiary/aromatic N) is 3. The Hall–Kier alpha value is -3.89. The van der Waals surface area contributed by atoms with Gasteiger partial charge in [0.15, 0.2) is 5.82 Å². The van der Waals surface area contributed by atoms with E-state index in [1.807, 2.05) is 0 Å². The molecule has 34 heavy (non-hydrogen) atoms. The number of nitro groups is 1. The van der Waals surface area contributed by atoms with Crippen LogP contribution in [0.5, 0.6) is 0 Å². The van der Waals surface area contributed by atoms with E-state index in [0.717, 1.165) is 22.9 Å². The number of aromatic amines is 1. The molecule has 4 aromatic rings. The molecule has 2 aromatic carbocycles. The highest BCUT2D eigenvalue weighted by Gasteiger charge is 2.18. The number of nitrogens with one attached hydrogen (secondary N) is 1. The van der Waals surface area contributed by atoms with Crippen LogP contribution in [0.25, 0.3) is 28.8 Å². The molecule has 0 saturated heterocycles. The highest BCUT2D eigenvalue weighted by molar-refractivity contribution is 8.04. The number of aryl methyl sites for hydroxylation is 1. The SMILES string of the molecule is Cc1cc(-c2ccc(/C=C(\Sc3n[nH]c(-c4ccc(Cl)cc4)n3)C(=O)O)o2)cc([N+](=O)[O-])c1C. The number of rotatable bonds is 7. The van der Waals surface area contributed by atoms with Crippen molar-refractivity contribution in [3.05, 3.63) is 85.5 Å². The summed E-state index contributed by atoms with van der Waals surface area (Å²) in [6.07, 6.45) is 1.35. The van der Waals surface area contributed by atoms with Crippen LogP contribution < -0.4 is 0 Å². The van der Waals surface area contributed by atoms with Gasteiger partial charge in [-0.15, -0.1) is 5.10 Å². The van der Waals surface area contributed by atoms with E-state index in [0.29, 0.717) is 27.7 Å². The summed E-state index contributed by atoms with van der Waals surface area (Å²) in [6.45, 7) is 3.47. The number of aliphatic carboxylic acids is 1. The zero-order chi connectivity index (χ0) is 24.4. The number of thioether (sulfide) groups is 1. The summed E-state index contributed by atoms with van der Waals surface area (Å²) in [4.78, 5) is 27.0. The molecule has 0 radical (unpaired) electrons. The molecule has 2 N–H and O–H groups in total. The first-order chi connectivity index (χ1) is 16.2. The minimum absolute atomic E-state index is 0.00799. The molecule has 2 heterocycles. The highest BCUT2D eigenvalue weighted by atomic mass is 35.5. The fourth-order valence-electron chi connectivity index (χ4n) is 3.15. The fraction of sp³-hybridized carbons (Fsp3) is 0.0870. The Morgan fingerprint density at radius 3 is 2.59 bits per heavy atom. The number of aromatic nitrogens is 3. The summed E-state index contributed by atoms with van der Waals surface area (Å²) in [5, 5.41) is 28.6. The van der Waals surface area contributed by atoms with Crippen molar-refractivity contribution in [2.75, 3.05) is 0 Å². The molecule has 0 aliphatic carbocycles. The molecule has 0 saturated carbocycles. The molecular weight excluding hydrogens is 480 g/mol. The Morgan fingerprint density at radius 2 is 1.91 bits per heavy atom. The standard InChI is InChI=1S/C23H17ClN4O5S/c1-12-9-15(10-18(13(12)2)28(31)32)19-8-7-17(33-19)11-20(22(29)30)34-23-25-21(26-27-23)14-3-5-16(24)6-4-14/h3-11H,1-2H3,(H,29,30)(H,25,26,27)/b20-11-. The Balaban J connectivity index is 1.59. The number of hydrogen-bond donors (Lipinski definition) is 2. The lowest BCUT2D eigenvalue weighted by Crippen LogP contribution is -1.97. The minimum atomic E-state index is -1.18. The van der Waals surface area contributed by atoms with Crippen LogP contribution in [0.2, 0.25) is 5.02 Å². The second-order valence-electron chi connectivity index (χ2n) is 7.29. The Morgan fingerprint density at radius 1 is 1.18 bits per heavy atom. The zero-order valence-corrected chi connectivity index (χ0v) is 19.5. The number of halogens is 1. The molecule has 0 aliphatic rings. The van der Waals surface area contributed by atoms with Gasteiger partial charge in [-0.25, -0.2) is 9.78 Å². The number of H-pyrrole nitrogens is 1. The number of furan rings is 1. The first kappa shape index (κ1) is 23.3. The maximum absolute atomic E-state index is 11.8. The van der Waals surface area contributed by atoms with Crippen LogP contribution in [0.15, 0.2) is 63.0 Å². The second-order valence-corrected chi connectivity index (χ2v) is 8.73. The molecule has 0 fully saturated rings. The minimum Gasteiger partial charge on any atom is -0.477 e. The first-order valence-electron chi connectivity index (χ1n) is 9.88. The molecule has 9 nitrogen and oxygen atoms in total. The number of carbonyl (C=O) groups is 1. The van der Waals surface area contributed by atoms with Crippen molar-refractivity contribution in [3.8, 4) is 22.7 Å². The van der Waals surface area contributed by atoms with Crippen molar-refractivity contribution in [1.29, 1.82) is 0 Å². The molecular formula is C23H17ClN4O5S. The molecule has 11 heteroatoms. The highest BCUT2D eigenvalue weighted by Crippen LogP contribution is 2.33. The van der Waals surface area contributed by atoms with Gasteiger partial charge in [0.2, 0.25) is 5.16 Å². The second kappa shape index (κ2) is 9.54. The lowest BCUT2D eigenvalue weighted by molar-refractivity contribution is -0.385. The van der Waals surface area contributed by atoms with Gasteiger partial charge >= 0.3 is 5.97 Å². The van der Waals surface area contributed by atoms with Crippen LogP contribution in [-0.2, 0) is 4.79 Å². The number of hydrogen-bond acceptors (Lipinski definition) is 7. The third-order valence-corrected chi connectivity index (χ3v) is 6.15. The first-order valence-corrected chi connectivity index (χ1v) is 11.1. The van der Waals surface area contributed by atoms with Crippen molar-refractivity contribution in [3.63, 3.8) is 0 Å². The maximum atomic E-state index is 11.8. The molecule has 4 rings (SSSR count). The van der Waals surface area contributed by atoms with Crippen LogP contribution in [0.4, 0.5) is 5.69 Å².